The second-order valence-corrected chi connectivity index (χ2v) is 12.9. The lowest BCUT2D eigenvalue weighted by atomic mass is 9.92. The number of carbonyl (C=O) groups excluding carboxylic acids is 1. The fourth-order valence-electron chi connectivity index (χ4n) is 4.01. The van der Waals surface area contributed by atoms with Crippen LogP contribution in [0, 0.1) is 26.2 Å². The van der Waals surface area contributed by atoms with Crippen molar-refractivity contribution in [2.24, 2.45) is 5.41 Å². The highest BCUT2D eigenvalue weighted by atomic mass is 32.2. The first-order chi connectivity index (χ1) is 18.5. The van der Waals surface area contributed by atoms with Crippen molar-refractivity contribution in [2.45, 2.75) is 79.2 Å². The van der Waals surface area contributed by atoms with Gasteiger partial charge in [-0.3, -0.25) is 4.79 Å². The number of aromatic carboxylic acids is 1. The Balaban J connectivity index is 2.18. The van der Waals surface area contributed by atoms with Crippen molar-refractivity contribution in [3.63, 3.8) is 0 Å². The molecule has 3 N–H and O–H groups in total. The summed E-state index contributed by atoms with van der Waals surface area (Å²) in [4.78, 5) is 24.4. The number of hydrogen-bond donors (Lipinski definition) is 3. The zero-order valence-corrected chi connectivity index (χ0v) is 25.1. The quantitative estimate of drug-likeness (QED) is 0.282. The summed E-state index contributed by atoms with van der Waals surface area (Å²) in [5.74, 6) is -1.48. The van der Waals surface area contributed by atoms with Gasteiger partial charge in [0.25, 0.3) is 0 Å². The second kappa shape index (κ2) is 11.8. The minimum absolute atomic E-state index is 0.0453. The molecular weight excluding hydrogens is 532 g/mol. The van der Waals surface area contributed by atoms with Gasteiger partial charge >= 0.3 is 5.97 Å². The van der Waals surface area contributed by atoms with Crippen molar-refractivity contribution < 1.29 is 27.9 Å². The first-order valence-electron chi connectivity index (χ1n) is 13.1. The van der Waals surface area contributed by atoms with Gasteiger partial charge in [-0.05, 0) is 74.9 Å². The molecule has 2 aromatic carbocycles. The predicted molar refractivity (Wildman–Crippen MR) is 154 cm³/mol. The van der Waals surface area contributed by atoms with E-state index in [2.05, 4.69) is 15.1 Å². The molecule has 0 aliphatic heterocycles. The Morgan fingerprint density at radius 1 is 1.10 bits per heavy atom. The maximum Gasteiger partial charge on any atom is 0.356 e. The van der Waals surface area contributed by atoms with Crippen molar-refractivity contribution in [3.8, 4) is 17.3 Å². The number of nitrogens with zero attached hydrogens (tertiary/aromatic N) is 2. The van der Waals surface area contributed by atoms with E-state index in [1.165, 1.54) is 16.8 Å². The maximum absolute atomic E-state index is 13.5. The van der Waals surface area contributed by atoms with E-state index in [1.54, 1.807) is 26.0 Å². The highest BCUT2D eigenvalue weighted by molar-refractivity contribution is 7.89. The number of carboxylic acid groups (broad SMARTS) is 1. The Morgan fingerprint density at radius 2 is 1.77 bits per heavy atom. The van der Waals surface area contributed by atoms with Crippen molar-refractivity contribution >= 4 is 27.6 Å². The summed E-state index contributed by atoms with van der Waals surface area (Å²) in [6, 6.07) is 9.49. The molecule has 0 spiro atoms. The van der Waals surface area contributed by atoms with Crippen LogP contribution in [0.3, 0.4) is 0 Å². The van der Waals surface area contributed by atoms with Crippen LogP contribution >= 0.6 is 0 Å². The van der Waals surface area contributed by atoms with E-state index in [0.29, 0.717) is 12.1 Å². The average molecular weight is 571 g/mol. The first kappa shape index (κ1) is 30.8. The molecule has 0 bridgehead atoms. The average Bonchev–Trinajstić information content (AvgIpc) is 3.16. The van der Waals surface area contributed by atoms with Crippen LogP contribution in [0.15, 0.2) is 41.3 Å². The Bertz CT molecular complexity index is 1540. The summed E-state index contributed by atoms with van der Waals surface area (Å²) in [5, 5.41) is 16.8. The molecule has 3 rings (SSSR count). The smallest absolute Gasteiger partial charge is 0.356 e. The van der Waals surface area contributed by atoms with Gasteiger partial charge < -0.3 is 15.2 Å². The highest BCUT2D eigenvalue weighted by Crippen LogP contribution is 2.36. The topological polar surface area (TPSA) is 140 Å². The molecule has 10 nitrogen and oxygen atoms in total. The van der Waals surface area contributed by atoms with Crippen LogP contribution in [0.2, 0.25) is 0 Å². The monoisotopic (exact) mass is 570 g/mol. The number of benzene rings is 2. The zero-order chi connectivity index (χ0) is 30.0. The summed E-state index contributed by atoms with van der Waals surface area (Å²) in [7, 11) is -4.10. The third kappa shape index (κ3) is 7.08. The van der Waals surface area contributed by atoms with Gasteiger partial charge in [0.2, 0.25) is 21.8 Å². The van der Waals surface area contributed by atoms with Gasteiger partial charge in [0.15, 0.2) is 5.69 Å². The summed E-state index contributed by atoms with van der Waals surface area (Å²) >= 11 is 0. The molecule has 0 aliphatic carbocycles. The van der Waals surface area contributed by atoms with E-state index in [-0.39, 0.29) is 57.3 Å². The molecule has 0 radical (unpaired) electrons. The number of carbonyl (C=O) groups is 2. The van der Waals surface area contributed by atoms with Gasteiger partial charge in [-0.15, -0.1) is 0 Å². The van der Waals surface area contributed by atoms with Crippen LogP contribution in [0.5, 0.6) is 11.6 Å². The van der Waals surface area contributed by atoms with Gasteiger partial charge in [0.1, 0.15) is 10.6 Å². The van der Waals surface area contributed by atoms with Crippen LogP contribution in [-0.4, -0.2) is 41.2 Å². The zero-order valence-electron chi connectivity index (χ0n) is 24.2. The molecule has 0 fully saturated rings. The molecule has 1 atom stereocenters. The number of rotatable bonds is 10. The van der Waals surface area contributed by atoms with Crippen LogP contribution in [0.25, 0.3) is 5.69 Å². The molecule has 1 aromatic heterocycles. The maximum atomic E-state index is 13.5. The number of ether oxygens (including phenoxy) is 1. The van der Waals surface area contributed by atoms with Crippen LogP contribution in [-0.2, 0) is 14.8 Å². The SMILES string of the molecule is CC[C@@H](C)NS(=O)(=O)c1cc(NC(=O)CC(C)(C)C)ccc1Oc1c(C)c(C(=O)O)nn1-c1cccc(C)c1C. The third-order valence-electron chi connectivity index (χ3n) is 6.46. The Morgan fingerprint density at radius 3 is 2.38 bits per heavy atom. The normalized spacial score (nSPS) is 12.7. The molecule has 3 aromatic rings. The largest absolute Gasteiger partial charge is 0.476 e. The molecule has 0 unspecified atom stereocenters. The summed E-state index contributed by atoms with van der Waals surface area (Å²) < 4.78 is 37.2. The number of carboxylic acids is 1. The van der Waals surface area contributed by atoms with Crippen LogP contribution in [0.1, 0.15) is 74.6 Å². The molecule has 1 heterocycles. The number of hydrogen-bond acceptors (Lipinski definition) is 6. The molecule has 1 amide bonds. The van der Waals surface area contributed by atoms with Gasteiger partial charge in [-0.1, -0.05) is 39.8 Å². The minimum atomic E-state index is -4.10. The molecular formula is C29H38N4O6S. The van der Waals surface area contributed by atoms with Gasteiger partial charge in [0.05, 0.1) is 5.69 Å². The van der Waals surface area contributed by atoms with E-state index in [0.717, 1.165) is 11.1 Å². The molecule has 40 heavy (non-hydrogen) atoms. The van der Waals surface area contributed by atoms with Gasteiger partial charge in [-0.25, -0.2) is 17.9 Å². The van der Waals surface area contributed by atoms with Crippen molar-refractivity contribution in [1.29, 1.82) is 0 Å². The van der Waals surface area contributed by atoms with E-state index < -0.39 is 16.0 Å². The van der Waals surface area contributed by atoms with E-state index in [9.17, 15) is 23.1 Å². The first-order valence-corrected chi connectivity index (χ1v) is 14.6. The third-order valence-corrected chi connectivity index (χ3v) is 8.07. The molecule has 0 saturated carbocycles. The number of amides is 1. The lowest BCUT2D eigenvalue weighted by molar-refractivity contribution is -0.117. The highest BCUT2D eigenvalue weighted by Gasteiger charge is 2.28. The Labute approximate surface area is 235 Å². The van der Waals surface area contributed by atoms with Crippen molar-refractivity contribution in [3.05, 3.63) is 58.8 Å². The van der Waals surface area contributed by atoms with Crippen LogP contribution < -0.4 is 14.8 Å². The lowest BCUT2D eigenvalue weighted by Crippen LogP contribution is -2.32. The number of aromatic nitrogens is 2. The molecule has 216 valence electrons. The predicted octanol–water partition coefficient (Wildman–Crippen LogP) is 5.74. The number of nitrogens with one attached hydrogen (secondary N) is 2. The van der Waals surface area contributed by atoms with Gasteiger partial charge in [-0.2, -0.15) is 9.78 Å². The lowest BCUT2D eigenvalue weighted by Gasteiger charge is -2.19. The Hall–Kier alpha value is -3.70. The minimum Gasteiger partial charge on any atom is -0.476 e. The second-order valence-electron chi connectivity index (χ2n) is 11.2. The van der Waals surface area contributed by atoms with Crippen molar-refractivity contribution in [2.75, 3.05) is 5.32 Å². The van der Waals surface area contributed by atoms with Crippen molar-refractivity contribution in [1.82, 2.24) is 14.5 Å². The van der Waals surface area contributed by atoms with E-state index in [1.807, 2.05) is 53.7 Å². The molecule has 0 saturated heterocycles. The van der Waals surface area contributed by atoms with E-state index >= 15 is 0 Å². The van der Waals surface area contributed by atoms with Gasteiger partial charge in [0, 0.05) is 23.7 Å². The molecule has 11 heteroatoms. The number of anilines is 1. The summed E-state index contributed by atoms with van der Waals surface area (Å²) in [5.41, 5.74) is 2.46. The van der Waals surface area contributed by atoms with Crippen LogP contribution in [0.4, 0.5) is 5.69 Å². The fraction of sp³-hybridized carbons (Fsp3) is 0.414. The molecule has 0 aliphatic rings. The summed E-state index contributed by atoms with van der Waals surface area (Å²) in [6.07, 6.45) is 0.794. The fourth-order valence-corrected chi connectivity index (χ4v) is 5.49. The number of aryl methyl sites for hydroxylation is 1. The summed E-state index contributed by atoms with van der Waals surface area (Å²) in [6.45, 7) is 14.8. The standard InChI is InChI=1S/C29H38N4O6S/c1-9-18(3)32-40(37,38)24-15-21(30-25(34)16-29(6,7)8)13-14-23(24)39-27-20(5)26(28(35)36)31-33(27)22-12-10-11-17(2)19(22)4/h10-15,18,32H,9,16H2,1-8H3,(H,30,34)(H,35,36)/t18-/m1/s1. The number of sulfonamides is 1. The Kier molecular flexibility index (Phi) is 9.10. The van der Waals surface area contributed by atoms with E-state index in [4.69, 9.17) is 4.74 Å².